The van der Waals surface area contributed by atoms with Gasteiger partial charge in [-0.15, -0.1) is 21.9 Å². The summed E-state index contributed by atoms with van der Waals surface area (Å²) in [5.41, 5.74) is 0.771. The number of thioether (sulfide) groups is 1. The fourth-order valence-corrected chi connectivity index (χ4v) is 2.85. The molecule has 23 heavy (non-hydrogen) atoms. The number of rotatable bonds is 8. The van der Waals surface area contributed by atoms with Crippen molar-refractivity contribution in [2.75, 3.05) is 19.4 Å². The van der Waals surface area contributed by atoms with E-state index in [1.807, 2.05) is 24.7 Å². The predicted molar refractivity (Wildman–Crippen MR) is 88.4 cm³/mol. The number of aromatic nitrogens is 5. The number of amides is 1. The van der Waals surface area contributed by atoms with Crippen molar-refractivity contribution in [3.63, 3.8) is 0 Å². The Balaban J connectivity index is 2.19. The molecular weight excluding hydrogens is 316 g/mol. The maximum absolute atomic E-state index is 11.7. The number of nitrogens with zero attached hydrogens (tertiary/aromatic N) is 5. The lowest BCUT2D eigenvalue weighted by Crippen LogP contribution is -2.25. The average molecular weight is 336 g/mol. The molecule has 2 heterocycles. The van der Waals surface area contributed by atoms with Crippen molar-refractivity contribution in [2.45, 2.75) is 18.6 Å². The summed E-state index contributed by atoms with van der Waals surface area (Å²) in [4.78, 5) is 11.7. The zero-order valence-corrected chi connectivity index (χ0v) is 14.3. The summed E-state index contributed by atoms with van der Waals surface area (Å²) < 4.78 is 8.88. The standard InChI is InChI=1S/C14H20N6O2S/c1-5-7-15-11(21)9-23-14-17-16-12(20(14)6-2)10-8-19(3)18-13(10)22-4/h5,8H,1,6-7,9H2,2-4H3,(H,15,21). The molecule has 1 N–H and O–H groups in total. The quantitative estimate of drug-likeness (QED) is 0.574. The van der Waals surface area contributed by atoms with Crippen LogP contribution in [0.2, 0.25) is 0 Å². The molecule has 0 unspecified atom stereocenters. The molecule has 0 aliphatic rings. The minimum atomic E-state index is -0.0685. The molecule has 0 aliphatic heterocycles. The highest BCUT2D eigenvalue weighted by Gasteiger charge is 2.19. The van der Waals surface area contributed by atoms with E-state index in [1.165, 1.54) is 11.8 Å². The van der Waals surface area contributed by atoms with Crippen LogP contribution in [0.25, 0.3) is 11.4 Å². The first-order chi connectivity index (χ1) is 11.1. The molecule has 0 bridgehead atoms. The molecule has 0 radical (unpaired) electrons. The first kappa shape index (κ1) is 17.1. The van der Waals surface area contributed by atoms with Crippen LogP contribution in [0.1, 0.15) is 6.92 Å². The normalized spacial score (nSPS) is 10.6. The number of hydrogen-bond donors (Lipinski definition) is 1. The number of ether oxygens (including phenoxy) is 1. The largest absolute Gasteiger partial charge is 0.479 e. The summed E-state index contributed by atoms with van der Waals surface area (Å²) in [5.74, 6) is 1.37. The Labute approximate surface area is 138 Å². The summed E-state index contributed by atoms with van der Waals surface area (Å²) in [5, 5.41) is 16.1. The van der Waals surface area contributed by atoms with Crippen molar-refractivity contribution in [3.05, 3.63) is 18.9 Å². The van der Waals surface area contributed by atoms with E-state index < -0.39 is 0 Å². The second kappa shape index (κ2) is 7.82. The Morgan fingerprint density at radius 3 is 2.96 bits per heavy atom. The van der Waals surface area contributed by atoms with Crippen LogP contribution in [0, 0.1) is 0 Å². The highest BCUT2D eigenvalue weighted by Crippen LogP contribution is 2.29. The molecule has 0 atom stereocenters. The van der Waals surface area contributed by atoms with Gasteiger partial charge in [-0.1, -0.05) is 17.8 Å². The van der Waals surface area contributed by atoms with Crippen molar-refractivity contribution in [2.24, 2.45) is 7.05 Å². The van der Waals surface area contributed by atoms with Crippen LogP contribution in [0.15, 0.2) is 24.0 Å². The number of carbonyl (C=O) groups is 1. The fraction of sp³-hybridized carbons (Fsp3) is 0.429. The van der Waals surface area contributed by atoms with Gasteiger partial charge in [0, 0.05) is 26.3 Å². The van der Waals surface area contributed by atoms with Gasteiger partial charge in [-0.3, -0.25) is 9.48 Å². The molecule has 0 saturated heterocycles. The maximum atomic E-state index is 11.7. The van der Waals surface area contributed by atoms with E-state index in [2.05, 4.69) is 27.2 Å². The zero-order valence-electron chi connectivity index (χ0n) is 13.4. The third-order valence-corrected chi connectivity index (χ3v) is 4.00. The van der Waals surface area contributed by atoms with Gasteiger partial charge >= 0.3 is 0 Å². The molecule has 0 spiro atoms. The van der Waals surface area contributed by atoms with Crippen molar-refractivity contribution >= 4 is 17.7 Å². The van der Waals surface area contributed by atoms with Crippen LogP contribution < -0.4 is 10.1 Å². The van der Waals surface area contributed by atoms with Crippen molar-refractivity contribution in [3.8, 4) is 17.3 Å². The molecule has 2 aromatic rings. The Morgan fingerprint density at radius 1 is 1.52 bits per heavy atom. The smallest absolute Gasteiger partial charge is 0.243 e. The summed E-state index contributed by atoms with van der Waals surface area (Å²) in [7, 11) is 3.39. The Bertz CT molecular complexity index is 693. The first-order valence-corrected chi connectivity index (χ1v) is 8.10. The lowest BCUT2D eigenvalue weighted by Gasteiger charge is -2.07. The van der Waals surface area contributed by atoms with Gasteiger partial charge < -0.3 is 14.6 Å². The van der Waals surface area contributed by atoms with Gasteiger partial charge in [-0.2, -0.15) is 0 Å². The van der Waals surface area contributed by atoms with E-state index in [4.69, 9.17) is 4.74 Å². The maximum Gasteiger partial charge on any atom is 0.243 e. The van der Waals surface area contributed by atoms with Gasteiger partial charge in [0.1, 0.15) is 5.56 Å². The van der Waals surface area contributed by atoms with Gasteiger partial charge in [0.05, 0.1) is 12.9 Å². The topological polar surface area (TPSA) is 86.9 Å². The van der Waals surface area contributed by atoms with Crippen LogP contribution in [0.5, 0.6) is 5.88 Å². The molecule has 0 aliphatic carbocycles. The second-order valence-electron chi connectivity index (χ2n) is 4.66. The highest BCUT2D eigenvalue weighted by molar-refractivity contribution is 7.99. The van der Waals surface area contributed by atoms with E-state index >= 15 is 0 Å². The van der Waals surface area contributed by atoms with Gasteiger partial charge in [-0.05, 0) is 6.92 Å². The van der Waals surface area contributed by atoms with Crippen molar-refractivity contribution < 1.29 is 9.53 Å². The summed E-state index contributed by atoms with van der Waals surface area (Å²) >= 11 is 1.34. The number of carbonyl (C=O) groups excluding carboxylic acids is 1. The van der Waals surface area contributed by atoms with E-state index in [0.717, 1.165) is 5.56 Å². The molecule has 2 aromatic heterocycles. The molecule has 1 amide bonds. The van der Waals surface area contributed by atoms with Gasteiger partial charge in [0.25, 0.3) is 0 Å². The van der Waals surface area contributed by atoms with E-state index in [9.17, 15) is 4.79 Å². The molecule has 0 saturated carbocycles. The summed E-state index contributed by atoms with van der Waals surface area (Å²) in [6.07, 6.45) is 3.48. The molecule has 0 aromatic carbocycles. The van der Waals surface area contributed by atoms with Gasteiger partial charge in [0.2, 0.25) is 11.8 Å². The minimum absolute atomic E-state index is 0.0685. The number of aryl methyl sites for hydroxylation is 1. The van der Waals surface area contributed by atoms with Crippen molar-refractivity contribution in [1.82, 2.24) is 29.9 Å². The second-order valence-corrected chi connectivity index (χ2v) is 5.60. The SMILES string of the molecule is C=CCNC(=O)CSc1nnc(-c2cn(C)nc2OC)n1CC. The molecule has 9 heteroatoms. The Hall–Kier alpha value is -2.29. The third kappa shape index (κ3) is 3.92. The van der Waals surface area contributed by atoms with Crippen LogP contribution >= 0.6 is 11.8 Å². The zero-order chi connectivity index (χ0) is 16.8. The Morgan fingerprint density at radius 2 is 2.30 bits per heavy atom. The molecule has 0 fully saturated rings. The predicted octanol–water partition coefficient (Wildman–Crippen LogP) is 1.10. The van der Waals surface area contributed by atoms with Crippen LogP contribution in [0.4, 0.5) is 0 Å². The summed E-state index contributed by atoms with van der Waals surface area (Å²) in [6.45, 7) is 6.70. The fourth-order valence-electron chi connectivity index (χ4n) is 2.02. The highest BCUT2D eigenvalue weighted by atomic mass is 32.2. The summed E-state index contributed by atoms with van der Waals surface area (Å²) in [6, 6.07) is 0. The molecular formula is C14H20N6O2S. The minimum Gasteiger partial charge on any atom is -0.479 e. The molecule has 2 rings (SSSR count). The lowest BCUT2D eigenvalue weighted by molar-refractivity contribution is -0.118. The Kier molecular flexibility index (Phi) is 5.80. The van der Waals surface area contributed by atoms with Crippen LogP contribution in [-0.2, 0) is 18.4 Å². The lowest BCUT2D eigenvalue weighted by atomic mass is 10.3. The van der Waals surface area contributed by atoms with Crippen LogP contribution in [0.3, 0.4) is 0 Å². The van der Waals surface area contributed by atoms with Gasteiger partial charge in [-0.25, -0.2) is 0 Å². The van der Waals surface area contributed by atoms with E-state index in [0.29, 0.717) is 30.0 Å². The monoisotopic (exact) mass is 336 g/mol. The van der Waals surface area contributed by atoms with E-state index in [1.54, 1.807) is 17.9 Å². The average Bonchev–Trinajstić information content (AvgIpc) is 3.12. The number of hydrogen-bond acceptors (Lipinski definition) is 6. The first-order valence-electron chi connectivity index (χ1n) is 7.12. The molecule has 124 valence electrons. The number of nitrogens with one attached hydrogen (secondary N) is 1. The van der Waals surface area contributed by atoms with Crippen LogP contribution in [-0.4, -0.2) is 49.9 Å². The third-order valence-electron chi connectivity index (χ3n) is 3.04. The van der Waals surface area contributed by atoms with Crippen molar-refractivity contribution in [1.29, 1.82) is 0 Å². The molecule has 8 nitrogen and oxygen atoms in total. The van der Waals surface area contributed by atoms with Gasteiger partial charge in [0.15, 0.2) is 11.0 Å². The van der Waals surface area contributed by atoms with E-state index in [-0.39, 0.29) is 11.7 Å². The number of methoxy groups -OCH3 is 1.